The standard InChI is InChI=1S/C7H15FN2O2S.ClH/c8-2-1-7-13(11,12)10-5-3-9-4-6-10;/h9H,1-7H2;1H. The first kappa shape index (κ1) is 14.1. The number of nitrogens with zero attached hydrogens (tertiary/aromatic N) is 1. The Balaban J connectivity index is 0.00000169. The molecule has 14 heavy (non-hydrogen) atoms. The normalized spacial score (nSPS) is 18.9. The quantitative estimate of drug-likeness (QED) is 0.760. The molecule has 0 aromatic carbocycles. The van der Waals surface area contributed by atoms with Crippen LogP contribution in [0.3, 0.4) is 0 Å². The van der Waals surface area contributed by atoms with Crippen molar-refractivity contribution in [3.63, 3.8) is 0 Å². The second kappa shape index (κ2) is 6.55. The number of hydrogen-bond donors (Lipinski definition) is 1. The largest absolute Gasteiger partial charge is 0.314 e. The van der Waals surface area contributed by atoms with Crippen molar-refractivity contribution in [1.29, 1.82) is 0 Å². The van der Waals surface area contributed by atoms with E-state index >= 15 is 0 Å². The lowest BCUT2D eigenvalue weighted by molar-refractivity contribution is 0.358. The lowest BCUT2D eigenvalue weighted by Crippen LogP contribution is -2.47. The van der Waals surface area contributed by atoms with Crippen molar-refractivity contribution < 1.29 is 12.8 Å². The van der Waals surface area contributed by atoms with Gasteiger partial charge in [-0.3, -0.25) is 4.39 Å². The number of halogens is 2. The summed E-state index contributed by atoms with van der Waals surface area (Å²) in [6, 6.07) is 0. The van der Waals surface area contributed by atoms with Crippen LogP contribution < -0.4 is 5.32 Å². The Morgan fingerprint density at radius 2 is 1.86 bits per heavy atom. The Labute approximate surface area is 90.3 Å². The van der Waals surface area contributed by atoms with Gasteiger partial charge in [-0.2, -0.15) is 4.31 Å². The molecule has 1 saturated heterocycles. The highest BCUT2D eigenvalue weighted by Gasteiger charge is 2.22. The molecule has 0 saturated carbocycles. The van der Waals surface area contributed by atoms with Gasteiger partial charge in [-0.15, -0.1) is 12.4 Å². The van der Waals surface area contributed by atoms with Gasteiger partial charge < -0.3 is 5.32 Å². The fraction of sp³-hybridized carbons (Fsp3) is 1.00. The van der Waals surface area contributed by atoms with Crippen LogP contribution in [-0.2, 0) is 10.0 Å². The third-order valence-electron chi connectivity index (χ3n) is 2.01. The molecule has 86 valence electrons. The molecule has 7 heteroatoms. The van der Waals surface area contributed by atoms with Gasteiger partial charge in [-0.25, -0.2) is 8.42 Å². The third-order valence-corrected chi connectivity index (χ3v) is 3.96. The highest BCUT2D eigenvalue weighted by Crippen LogP contribution is 2.04. The molecular formula is C7H16ClFN2O2S. The molecular weight excluding hydrogens is 231 g/mol. The fourth-order valence-corrected chi connectivity index (χ4v) is 2.76. The van der Waals surface area contributed by atoms with E-state index in [-0.39, 0.29) is 24.6 Å². The van der Waals surface area contributed by atoms with E-state index < -0.39 is 16.7 Å². The molecule has 0 amide bonds. The Bertz CT molecular complexity index is 242. The minimum absolute atomic E-state index is 0. The van der Waals surface area contributed by atoms with Gasteiger partial charge in [-0.1, -0.05) is 0 Å². The summed E-state index contributed by atoms with van der Waals surface area (Å²) in [7, 11) is -3.19. The highest BCUT2D eigenvalue weighted by atomic mass is 35.5. The second-order valence-electron chi connectivity index (χ2n) is 3.01. The monoisotopic (exact) mass is 246 g/mol. The van der Waals surface area contributed by atoms with Crippen molar-refractivity contribution >= 4 is 22.4 Å². The number of hydrogen-bond acceptors (Lipinski definition) is 3. The molecule has 0 unspecified atom stereocenters. The van der Waals surface area contributed by atoms with Crippen molar-refractivity contribution in [1.82, 2.24) is 9.62 Å². The van der Waals surface area contributed by atoms with Crippen LogP contribution in [0.4, 0.5) is 4.39 Å². The van der Waals surface area contributed by atoms with Crippen LogP contribution >= 0.6 is 12.4 Å². The first-order valence-electron chi connectivity index (χ1n) is 4.41. The summed E-state index contributed by atoms with van der Waals surface area (Å²) in [6.07, 6.45) is 0.103. The van der Waals surface area contributed by atoms with E-state index in [1.165, 1.54) is 4.31 Å². The first-order chi connectivity index (χ1) is 6.17. The van der Waals surface area contributed by atoms with Crippen LogP contribution in [0, 0.1) is 0 Å². The summed E-state index contributed by atoms with van der Waals surface area (Å²) in [5.41, 5.74) is 0. The van der Waals surface area contributed by atoms with Crippen LogP contribution in [0.2, 0.25) is 0 Å². The maximum atomic E-state index is 11.8. The van der Waals surface area contributed by atoms with Crippen LogP contribution in [0.5, 0.6) is 0 Å². The van der Waals surface area contributed by atoms with Gasteiger partial charge in [0.15, 0.2) is 0 Å². The van der Waals surface area contributed by atoms with Crippen molar-refractivity contribution in [3.05, 3.63) is 0 Å². The van der Waals surface area contributed by atoms with Gasteiger partial charge in [-0.05, 0) is 6.42 Å². The zero-order valence-corrected chi connectivity index (χ0v) is 9.54. The van der Waals surface area contributed by atoms with Crippen LogP contribution in [0.1, 0.15) is 6.42 Å². The van der Waals surface area contributed by atoms with E-state index in [1.807, 2.05) is 0 Å². The summed E-state index contributed by atoms with van der Waals surface area (Å²) in [4.78, 5) is 0. The number of piperazine rings is 1. The highest BCUT2D eigenvalue weighted by molar-refractivity contribution is 7.89. The summed E-state index contributed by atoms with van der Waals surface area (Å²) in [5, 5.41) is 3.06. The molecule has 4 nitrogen and oxygen atoms in total. The van der Waals surface area contributed by atoms with E-state index in [9.17, 15) is 12.8 Å². The number of rotatable bonds is 4. The average Bonchev–Trinajstić information content (AvgIpc) is 2.16. The molecule has 0 aliphatic carbocycles. The number of sulfonamides is 1. The lowest BCUT2D eigenvalue weighted by atomic mass is 10.4. The van der Waals surface area contributed by atoms with Gasteiger partial charge in [0.1, 0.15) is 0 Å². The van der Waals surface area contributed by atoms with Crippen LogP contribution in [0.25, 0.3) is 0 Å². The summed E-state index contributed by atoms with van der Waals surface area (Å²) in [5.74, 6) is -0.0660. The summed E-state index contributed by atoms with van der Waals surface area (Å²) in [6.45, 7) is 1.83. The van der Waals surface area contributed by atoms with E-state index in [2.05, 4.69) is 5.32 Å². The number of nitrogens with one attached hydrogen (secondary N) is 1. The van der Waals surface area contributed by atoms with E-state index in [1.54, 1.807) is 0 Å². The van der Waals surface area contributed by atoms with Crippen molar-refractivity contribution in [2.24, 2.45) is 0 Å². The predicted octanol–water partition coefficient (Wildman–Crippen LogP) is 0.00280. The van der Waals surface area contributed by atoms with Crippen LogP contribution in [0.15, 0.2) is 0 Å². The van der Waals surface area contributed by atoms with Crippen molar-refractivity contribution in [2.45, 2.75) is 6.42 Å². The van der Waals surface area contributed by atoms with E-state index in [0.29, 0.717) is 26.2 Å². The van der Waals surface area contributed by atoms with E-state index in [0.717, 1.165) is 0 Å². The zero-order valence-electron chi connectivity index (χ0n) is 7.91. The Morgan fingerprint density at radius 3 is 2.36 bits per heavy atom. The third kappa shape index (κ3) is 4.08. The fourth-order valence-electron chi connectivity index (χ4n) is 1.29. The Hall–Kier alpha value is 0.0900. The molecule has 1 rings (SSSR count). The van der Waals surface area contributed by atoms with Crippen LogP contribution in [-0.4, -0.2) is 51.3 Å². The SMILES string of the molecule is Cl.O=S(=O)(CCCF)N1CCNCC1. The smallest absolute Gasteiger partial charge is 0.214 e. The summed E-state index contributed by atoms with van der Waals surface area (Å²) < 4.78 is 36.2. The van der Waals surface area contributed by atoms with Crippen molar-refractivity contribution in [3.8, 4) is 0 Å². The Morgan fingerprint density at radius 1 is 1.29 bits per heavy atom. The lowest BCUT2D eigenvalue weighted by Gasteiger charge is -2.26. The van der Waals surface area contributed by atoms with Gasteiger partial charge >= 0.3 is 0 Å². The maximum Gasteiger partial charge on any atom is 0.214 e. The molecule has 1 aliphatic heterocycles. The molecule has 1 aliphatic rings. The molecule has 0 aromatic heterocycles. The zero-order chi connectivity index (χ0) is 9.73. The molecule has 1 heterocycles. The van der Waals surface area contributed by atoms with Gasteiger partial charge in [0.25, 0.3) is 0 Å². The average molecular weight is 247 g/mol. The van der Waals surface area contributed by atoms with Gasteiger partial charge in [0, 0.05) is 26.2 Å². The first-order valence-corrected chi connectivity index (χ1v) is 6.02. The topological polar surface area (TPSA) is 49.4 Å². The molecule has 1 fully saturated rings. The minimum Gasteiger partial charge on any atom is -0.314 e. The van der Waals surface area contributed by atoms with E-state index in [4.69, 9.17) is 0 Å². The minimum atomic E-state index is -3.19. The van der Waals surface area contributed by atoms with Gasteiger partial charge in [0.2, 0.25) is 10.0 Å². The molecule has 0 radical (unpaired) electrons. The number of alkyl halides is 1. The Kier molecular flexibility index (Phi) is 6.59. The second-order valence-corrected chi connectivity index (χ2v) is 5.10. The molecule has 0 spiro atoms. The molecule has 0 atom stereocenters. The predicted molar refractivity (Wildman–Crippen MR) is 56.1 cm³/mol. The molecule has 0 aromatic rings. The van der Waals surface area contributed by atoms with Crippen molar-refractivity contribution in [2.75, 3.05) is 38.6 Å². The van der Waals surface area contributed by atoms with Gasteiger partial charge in [0.05, 0.1) is 12.4 Å². The maximum absolute atomic E-state index is 11.8. The summed E-state index contributed by atoms with van der Waals surface area (Å²) >= 11 is 0. The molecule has 1 N–H and O–H groups in total. The molecule has 0 bridgehead atoms.